The van der Waals surface area contributed by atoms with Crippen LogP contribution in [0.5, 0.6) is 5.75 Å². The first-order valence-electron chi connectivity index (χ1n) is 7.58. The normalized spacial score (nSPS) is 23.6. The summed E-state index contributed by atoms with van der Waals surface area (Å²) < 4.78 is 5.37. The van der Waals surface area contributed by atoms with Crippen molar-refractivity contribution in [3.05, 3.63) is 24.3 Å². The fraction of sp³-hybridized carbons (Fsp3) is 0.562. The Balaban J connectivity index is 1.68. The smallest absolute Gasteiger partial charge is 0.244 e. The van der Waals surface area contributed by atoms with E-state index in [0.29, 0.717) is 6.04 Å². The molecule has 1 atom stereocenters. The Bertz CT molecular complexity index is 503. The summed E-state index contributed by atoms with van der Waals surface area (Å²) in [5.74, 6) is 3.35. The van der Waals surface area contributed by atoms with Gasteiger partial charge in [-0.2, -0.15) is 11.8 Å². The van der Waals surface area contributed by atoms with Gasteiger partial charge in [0.1, 0.15) is 5.75 Å². The Labute approximate surface area is 130 Å². The van der Waals surface area contributed by atoms with Gasteiger partial charge in [0.15, 0.2) is 0 Å². The molecule has 0 unspecified atom stereocenters. The number of nitrogens with zero attached hydrogens (tertiary/aromatic N) is 1. The van der Waals surface area contributed by atoms with Crippen LogP contribution < -0.4 is 15.0 Å². The molecular weight excluding hydrogens is 284 g/mol. The maximum atomic E-state index is 12.7. The molecule has 0 bridgehead atoms. The van der Waals surface area contributed by atoms with Gasteiger partial charge in [0.25, 0.3) is 0 Å². The van der Waals surface area contributed by atoms with Crippen molar-refractivity contribution in [2.75, 3.05) is 30.1 Å². The van der Waals surface area contributed by atoms with Crippen LogP contribution in [0.3, 0.4) is 0 Å². The molecule has 1 amide bonds. The zero-order valence-electron chi connectivity index (χ0n) is 12.4. The predicted octanol–water partition coefficient (Wildman–Crippen LogP) is 2.29. The second-order valence-corrected chi connectivity index (χ2v) is 6.78. The molecule has 3 rings (SSSR count). The molecule has 0 aliphatic carbocycles. The van der Waals surface area contributed by atoms with Gasteiger partial charge in [-0.15, -0.1) is 0 Å². The zero-order chi connectivity index (χ0) is 14.7. The number of hydrogen-bond acceptors (Lipinski definition) is 4. The van der Waals surface area contributed by atoms with Gasteiger partial charge in [0.05, 0.1) is 18.8 Å². The van der Waals surface area contributed by atoms with Gasteiger partial charge < -0.3 is 15.0 Å². The number of hydrogen-bond donors (Lipinski definition) is 1. The van der Waals surface area contributed by atoms with Gasteiger partial charge in [0.2, 0.25) is 5.91 Å². The van der Waals surface area contributed by atoms with E-state index < -0.39 is 0 Å². The van der Waals surface area contributed by atoms with E-state index in [2.05, 4.69) is 5.32 Å². The van der Waals surface area contributed by atoms with Crippen LogP contribution in [0.1, 0.15) is 19.3 Å². The van der Waals surface area contributed by atoms with Crippen molar-refractivity contribution >= 4 is 23.4 Å². The first-order chi connectivity index (χ1) is 10.3. The fourth-order valence-corrected chi connectivity index (χ4v) is 4.18. The first kappa shape index (κ1) is 14.7. The van der Waals surface area contributed by atoms with Crippen LogP contribution in [-0.2, 0) is 4.79 Å². The second kappa shape index (κ2) is 6.71. The first-order valence-corrected chi connectivity index (χ1v) is 8.73. The number of rotatable bonds is 4. The second-order valence-electron chi connectivity index (χ2n) is 5.56. The molecule has 0 spiro atoms. The van der Waals surface area contributed by atoms with E-state index in [-0.39, 0.29) is 11.9 Å². The molecule has 21 heavy (non-hydrogen) atoms. The summed E-state index contributed by atoms with van der Waals surface area (Å²) in [5, 5.41) is 3.56. The van der Waals surface area contributed by atoms with E-state index in [1.807, 2.05) is 40.9 Å². The van der Waals surface area contributed by atoms with Crippen molar-refractivity contribution in [1.29, 1.82) is 0 Å². The Hall–Kier alpha value is -1.20. The molecule has 0 saturated carbocycles. The van der Waals surface area contributed by atoms with Gasteiger partial charge in [-0.3, -0.25) is 4.79 Å². The van der Waals surface area contributed by atoms with E-state index in [1.54, 1.807) is 7.11 Å². The number of amides is 1. The Kier molecular flexibility index (Phi) is 4.70. The van der Waals surface area contributed by atoms with Crippen LogP contribution in [0, 0.1) is 0 Å². The van der Waals surface area contributed by atoms with E-state index in [1.165, 1.54) is 24.3 Å². The molecule has 2 aliphatic heterocycles. The number of thioether (sulfide) groups is 1. The lowest BCUT2D eigenvalue weighted by Gasteiger charge is -2.26. The Morgan fingerprint density at radius 1 is 1.24 bits per heavy atom. The van der Waals surface area contributed by atoms with Gasteiger partial charge in [-0.05, 0) is 42.9 Å². The maximum absolute atomic E-state index is 12.7. The highest BCUT2D eigenvalue weighted by Crippen LogP contribution is 2.31. The number of benzene rings is 1. The highest BCUT2D eigenvalue weighted by molar-refractivity contribution is 7.99. The molecule has 1 N–H and O–H groups in total. The minimum absolute atomic E-state index is 0.0389. The summed E-state index contributed by atoms with van der Waals surface area (Å²) in [6.45, 7) is 0.762. The van der Waals surface area contributed by atoms with Gasteiger partial charge in [-0.1, -0.05) is 12.1 Å². The largest absolute Gasteiger partial charge is 0.495 e. The van der Waals surface area contributed by atoms with Crippen molar-refractivity contribution in [2.24, 2.45) is 0 Å². The lowest BCUT2D eigenvalue weighted by atomic mass is 10.1. The topological polar surface area (TPSA) is 41.6 Å². The van der Waals surface area contributed by atoms with Crippen molar-refractivity contribution in [3.8, 4) is 5.75 Å². The molecule has 114 valence electrons. The van der Waals surface area contributed by atoms with Crippen molar-refractivity contribution < 1.29 is 9.53 Å². The number of anilines is 1. The molecule has 1 aromatic carbocycles. The molecule has 5 heteroatoms. The van der Waals surface area contributed by atoms with Crippen LogP contribution >= 0.6 is 11.8 Å². The summed E-state index contributed by atoms with van der Waals surface area (Å²) >= 11 is 2.01. The number of methoxy groups -OCH3 is 1. The maximum Gasteiger partial charge on any atom is 0.244 e. The summed E-state index contributed by atoms with van der Waals surface area (Å²) in [4.78, 5) is 14.5. The van der Waals surface area contributed by atoms with E-state index in [9.17, 15) is 4.79 Å². The third-order valence-electron chi connectivity index (χ3n) is 4.24. The van der Waals surface area contributed by atoms with E-state index >= 15 is 0 Å². The van der Waals surface area contributed by atoms with Crippen LogP contribution in [-0.4, -0.2) is 43.2 Å². The van der Waals surface area contributed by atoms with Gasteiger partial charge >= 0.3 is 0 Å². The lowest BCUT2D eigenvalue weighted by molar-refractivity contribution is -0.119. The third kappa shape index (κ3) is 3.19. The summed E-state index contributed by atoms with van der Waals surface area (Å²) in [6, 6.07) is 8.20. The van der Waals surface area contributed by atoms with Gasteiger partial charge in [0, 0.05) is 12.6 Å². The Morgan fingerprint density at radius 3 is 2.76 bits per heavy atom. The number of carbonyl (C=O) groups excluding carboxylic acids is 1. The predicted molar refractivity (Wildman–Crippen MR) is 87.2 cm³/mol. The summed E-state index contributed by atoms with van der Waals surface area (Å²) in [5.41, 5.74) is 0.883. The highest BCUT2D eigenvalue weighted by Gasteiger charge is 2.35. The fourth-order valence-electron chi connectivity index (χ4n) is 3.08. The van der Waals surface area contributed by atoms with Crippen molar-refractivity contribution in [2.45, 2.75) is 31.3 Å². The highest BCUT2D eigenvalue weighted by atomic mass is 32.2. The van der Waals surface area contributed by atoms with E-state index in [0.717, 1.165) is 24.4 Å². The monoisotopic (exact) mass is 306 g/mol. The minimum atomic E-state index is -0.0389. The molecule has 2 saturated heterocycles. The molecule has 0 radical (unpaired) electrons. The molecule has 2 aliphatic rings. The lowest BCUT2D eigenvalue weighted by Crippen LogP contribution is -2.45. The summed E-state index contributed by atoms with van der Waals surface area (Å²) in [6.07, 6.45) is 3.22. The number of carbonyl (C=O) groups is 1. The molecule has 0 aromatic heterocycles. The zero-order valence-corrected chi connectivity index (χ0v) is 13.2. The molecule has 4 nitrogen and oxygen atoms in total. The van der Waals surface area contributed by atoms with Crippen LogP contribution in [0.15, 0.2) is 24.3 Å². The average molecular weight is 306 g/mol. The van der Waals surface area contributed by atoms with Crippen molar-refractivity contribution in [1.82, 2.24) is 5.32 Å². The summed E-state index contributed by atoms with van der Waals surface area (Å²) in [7, 11) is 1.65. The van der Waals surface area contributed by atoms with Crippen LogP contribution in [0.25, 0.3) is 0 Å². The molecule has 2 heterocycles. The standard InChI is InChI=1S/C16H22N2O2S/c1-20-15-5-3-2-4-14(15)18-9-6-13(16(18)19)17-12-7-10-21-11-8-12/h2-5,12-13,17H,6-11H2,1H3/t13-/m1/s1. The number of ether oxygens (including phenoxy) is 1. The third-order valence-corrected chi connectivity index (χ3v) is 5.29. The molecular formula is C16H22N2O2S. The minimum Gasteiger partial charge on any atom is -0.495 e. The molecule has 1 aromatic rings. The van der Waals surface area contributed by atoms with E-state index in [4.69, 9.17) is 4.74 Å². The Morgan fingerprint density at radius 2 is 2.00 bits per heavy atom. The van der Waals surface area contributed by atoms with Crippen molar-refractivity contribution in [3.63, 3.8) is 0 Å². The SMILES string of the molecule is COc1ccccc1N1CC[C@@H](NC2CCSCC2)C1=O. The number of nitrogens with one attached hydrogen (secondary N) is 1. The van der Waals surface area contributed by atoms with Crippen LogP contribution in [0.4, 0.5) is 5.69 Å². The average Bonchev–Trinajstić information content (AvgIpc) is 2.89. The van der Waals surface area contributed by atoms with Crippen LogP contribution in [0.2, 0.25) is 0 Å². The number of para-hydroxylation sites is 2. The quantitative estimate of drug-likeness (QED) is 0.927. The molecule has 2 fully saturated rings. The van der Waals surface area contributed by atoms with Gasteiger partial charge in [-0.25, -0.2) is 0 Å².